The molecule has 2 aromatic carbocycles. The first-order valence-electron chi connectivity index (χ1n) is 9.08. The van der Waals surface area contributed by atoms with Gasteiger partial charge in [0, 0.05) is 24.2 Å². The van der Waals surface area contributed by atoms with Gasteiger partial charge in [-0.2, -0.15) is 4.31 Å². The van der Waals surface area contributed by atoms with Crippen molar-refractivity contribution in [3.8, 4) is 5.75 Å². The normalized spacial score (nSPS) is 16.0. The Morgan fingerprint density at radius 3 is 2.54 bits per heavy atom. The summed E-state index contributed by atoms with van der Waals surface area (Å²) in [5.41, 5.74) is 1.07. The van der Waals surface area contributed by atoms with Crippen LogP contribution in [0.5, 0.6) is 5.75 Å². The first-order valence-corrected chi connectivity index (χ1v) is 10.9. The third-order valence-electron chi connectivity index (χ3n) is 4.83. The molecule has 1 N–H and O–H groups in total. The Morgan fingerprint density at radius 2 is 1.86 bits per heavy atom. The van der Waals surface area contributed by atoms with Crippen LogP contribution < -0.4 is 10.1 Å². The molecule has 1 aliphatic heterocycles. The van der Waals surface area contributed by atoms with Crippen molar-refractivity contribution < 1.29 is 17.9 Å². The lowest BCUT2D eigenvalue weighted by Crippen LogP contribution is -2.29. The lowest BCUT2D eigenvalue weighted by Gasteiger charge is -2.19. The minimum Gasteiger partial charge on any atom is -0.496 e. The van der Waals surface area contributed by atoms with Gasteiger partial charge in [-0.25, -0.2) is 8.42 Å². The largest absolute Gasteiger partial charge is 0.496 e. The summed E-state index contributed by atoms with van der Waals surface area (Å²) >= 11 is 6.15. The summed E-state index contributed by atoms with van der Waals surface area (Å²) in [7, 11) is -2.14. The molecule has 2 aromatic rings. The van der Waals surface area contributed by atoms with Gasteiger partial charge in [-0.15, -0.1) is 0 Å². The Labute approximate surface area is 170 Å². The lowest BCUT2D eigenvalue weighted by atomic mass is 10.1. The Hall–Kier alpha value is -2.09. The van der Waals surface area contributed by atoms with Crippen LogP contribution in [0.4, 0.5) is 0 Å². The molecule has 1 heterocycles. The molecule has 0 spiro atoms. The quantitative estimate of drug-likeness (QED) is 0.771. The fourth-order valence-corrected chi connectivity index (χ4v) is 5.31. The molecule has 1 fully saturated rings. The number of sulfonamides is 1. The minimum absolute atomic E-state index is 0.0336. The molecule has 150 valence electrons. The molecule has 0 saturated carbocycles. The molecule has 28 heavy (non-hydrogen) atoms. The van der Waals surface area contributed by atoms with Gasteiger partial charge in [-0.3, -0.25) is 4.79 Å². The van der Waals surface area contributed by atoms with E-state index >= 15 is 0 Å². The van der Waals surface area contributed by atoms with Crippen LogP contribution in [0.3, 0.4) is 0 Å². The highest BCUT2D eigenvalue weighted by Gasteiger charge is 2.30. The van der Waals surface area contributed by atoms with Crippen LogP contribution in [-0.2, 0) is 10.0 Å². The number of nitrogens with zero attached hydrogens (tertiary/aromatic N) is 1. The van der Waals surface area contributed by atoms with Gasteiger partial charge in [0.2, 0.25) is 10.0 Å². The van der Waals surface area contributed by atoms with Crippen molar-refractivity contribution in [3.63, 3.8) is 0 Å². The standard InChI is InChI=1S/C20H23ClN2O4S/c1-14(16-7-3-4-8-18(16)27-2)22-20(24)15-9-10-17(21)19(13-15)28(25,26)23-11-5-6-12-23/h3-4,7-10,13-14H,5-6,11-12H2,1-2H3,(H,22,24). The predicted octanol–water partition coefficient (Wildman–Crippen LogP) is 3.62. The summed E-state index contributed by atoms with van der Waals surface area (Å²) in [6, 6.07) is 11.4. The van der Waals surface area contributed by atoms with E-state index < -0.39 is 10.0 Å². The summed E-state index contributed by atoms with van der Waals surface area (Å²) in [6.07, 6.45) is 1.65. The highest BCUT2D eigenvalue weighted by atomic mass is 35.5. The van der Waals surface area contributed by atoms with Gasteiger partial charge in [0.1, 0.15) is 10.6 Å². The number of carbonyl (C=O) groups excluding carboxylic acids is 1. The number of para-hydroxylation sites is 1. The van der Waals surface area contributed by atoms with Crippen LogP contribution in [0.15, 0.2) is 47.4 Å². The Morgan fingerprint density at radius 1 is 1.18 bits per heavy atom. The van der Waals surface area contributed by atoms with E-state index in [0.29, 0.717) is 18.8 Å². The average Bonchev–Trinajstić information content (AvgIpc) is 3.23. The summed E-state index contributed by atoms with van der Waals surface area (Å²) in [5, 5.41) is 3.00. The van der Waals surface area contributed by atoms with Crippen molar-refractivity contribution in [2.75, 3.05) is 20.2 Å². The molecule has 0 aliphatic carbocycles. The second kappa shape index (κ2) is 8.51. The second-order valence-corrected chi connectivity index (χ2v) is 9.01. The molecule has 1 unspecified atom stereocenters. The van der Waals surface area contributed by atoms with Crippen LogP contribution in [0, 0.1) is 0 Å². The number of nitrogens with one attached hydrogen (secondary N) is 1. The number of methoxy groups -OCH3 is 1. The zero-order valence-corrected chi connectivity index (χ0v) is 17.4. The Kier molecular flexibility index (Phi) is 6.27. The topological polar surface area (TPSA) is 75.7 Å². The van der Waals surface area contributed by atoms with Gasteiger partial charge in [0.25, 0.3) is 5.91 Å². The molecule has 0 bridgehead atoms. The van der Waals surface area contributed by atoms with Crippen molar-refractivity contribution in [1.29, 1.82) is 0 Å². The van der Waals surface area contributed by atoms with Crippen LogP contribution in [0.2, 0.25) is 5.02 Å². The summed E-state index contributed by atoms with van der Waals surface area (Å²) < 4.78 is 32.4. The van der Waals surface area contributed by atoms with Gasteiger partial charge >= 0.3 is 0 Å². The third kappa shape index (κ3) is 4.16. The van der Waals surface area contributed by atoms with Crippen LogP contribution in [-0.4, -0.2) is 38.8 Å². The van der Waals surface area contributed by atoms with Gasteiger partial charge in [0.05, 0.1) is 18.2 Å². The molecule has 1 atom stereocenters. The molecule has 0 aromatic heterocycles. The van der Waals surface area contributed by atoms with E-state index in [1.807, 2.05) is 31.2 Å². The number of hydrogen-bond acceptors (Lipinski definition) is 4. The number of carbonyl (C=O) groups is 1. The van der Waals surface area contributed by atoms with E-state index in [9.17, 15) is 13.2 Å². The minimum atomic E-state index is -3.72. The number of ether oxygens (including phenoxy) is 1. The number of amides is 1. The fraction of sp³-hybridized carbons (Fsp3) is 0.350. The van der Waals surface area contributed by atoms with Crippen molar-refractivity contribution in [1.82, 2.24) is 9.62 Å². The molecule has 1 aliphatic rings. The van der Waals surface area contributed by atoms with Crippen LogP contribution in [0.1, 0.15) is 41.7 Å². The summed E-state index contributed by atoms with van der Waals surface area (Å²) in [4.78, 5) is 12.7. The zero-order valence-electron chi connectivity index (χ0n) is 15.8. The highest BCUT2D eigenvalue weighted by molar-refractivity contribution is 7.89. The van der Waals surface area contributed by atoms with E-state index in [-0.39, 0.29) is 27.4 Å². The van der Waals surface area contributed by atoms with Crippen molar-refractivity contribution in [2.24, 2.45) is 0 Å². The number of rotatable bonds is 6. The van der Waals surface area contributed by atoms with Crippen molar-refractivity contribution in [3.05, 3.63) is 58.6 Å². The van der Waals surface area contributed by atoms with Gasteiger partial charge < -0.3 is 10.1 Å². The monoisotopic (exact) mass is 422 g/mol. The van der Waals surface area contributed by atoms with E-state index in [1.165, 1.54) is 22.5 Å². The zero-order chi connectivity index (χ0) is 20.3. The maximum Gasteiger partial charge on any atom is 0.251 e. The third-order valence-corrected chi connectivity index (χ3v) is 7.21. The molecule has 3 rings (SSSR count). The van der Waals surface area contributed by atoms with E-state index in [2.05, 4.69) is 5.32 Å². The highest BCUT2D eigenvalue weighted by Crippen LogP contribution is 2.29. The summed E-state index contributed by atoms with van der Waals surface area (Å²) in [6.45, 7) is 2.79. The number of hydrogen-bond donors (Lipinski definition) is 1. The first-order chi connectivity index (χ1) is 13.3. The average molecular weight is 423 g/mol. The lowest BCUT2D eigenvalue weighted by molar-refractivity contribution is 0.0939. The molecule has 6 nitrogen and oxygen atoms in total. The smallest absolute Gasteiger partial charge is 0.251 e. The Balaban J connectivity index is 1.85. The second-order valence-electron chi connectivity index (χ2n) is 6.69. The number of benzene rings is 2. The SMILES string of the molecule is COc1ccccc1C(C)NC(=O)c1ccc(Cl)c(S(=O)(=O)N2CCCC2)c1. The molecular weight excluding hydrogens is 400 g/mol. The molecule has 1 amide bonds. The van der Waals surface area contributed by atoms with E-state index in [0.717, 1.165) is 18.4 Å². The Bertz CT molecular complexity index is 972. The fourth-order valence-electron chi connectivity index (χ4n) is 3.29. The maximum atomic E-state index is 12.9. The predicted molar refractivity (Wildman–Crippen MR) is 108 cm³/mol. The first kappa shape index (κ1) is 20.6. The van der Waals surface area contributed by atoms with Crippen molar-refractivity contribution in [2.45, 2.75) is 30.7 Å². The van der Waals surface area contributed by atoms with Crippen molar-refractivity contribution >= 4 is 27.5 Å². The van der Waals surface area contributed by atoms with Gasteiger partial charge in [-0.1, -0.05) is 29.8 Å². The summed E-state index contributed by atoms with van der Waals surface area (Å²) in [5.74, 6) is 0.289. The van der Waals surface area contributed by atoms with E-state index in [1.54, 1.807) is 7.11 Å². The van der Waals surface area contributed by atoms with E-state index in [4.69, 9.17) is 16.3 Å². The molecule has 8 heteroatoms. The molecule has 1 saturated heterocycles. The number of halogens is 1. The van der Waals surface area contributed by atoms with Gasteiger partial charge in [-0.05, 0) is 44.0 Å². The molecular formula is C20H23ClN2O4S. The molecule has 0 radical (unpaired) electrons. The van der Waals surface area contributed by atoms with Crippen LogP contribution >= 0.6 is 11.6 Å². The maximum absolute atomic E-state index is 12.9. The van der Waals surface area contributed by atoms with Gasteiger partial charge in [0.15, 0.2) is 0 Å². The van der Waals surface area contributed by atoms with Crippen LogP contribution in [0.25, 0.3) is 0 Å².